The Bertz CT molecular complexity index is 1410. The minimum Gasteiger partial charge on any atom is -0.378 e. The van der Waals surface area contributed by atoms with Gasteiger partial charge < -0.3 is 19.7 Å². The summed E-state index contributed by atoms with van der Waals surface area (Å²) in [5.74, 6) is 0. The van der Waals surface area contributed by atoms with Gasteiger partial charge in [0.1, 0.15) is 0 Å². The van der Waals surface area contributed by atoms with E-state index in [1.165, 1.54) is 11.1 Å². The summed E-state index contributed by atoms with van der Waals surface area (Å²) in [6.07, 6.45) is 1.84. The van der Waals surface area contributed by atoms with Crippen molar-refractivity contribution in [2.24, 2.45) is 0 Å². The molecule has 1 fully saturated rings. The first-order valence-electron chi connectivity index (χ1n) is 12.0. The maximum atomic E-state index is 6.41. The molecule has 3 heterocycles. The molecule has 0 amide bonds. The highest BCUT2D eigenvalue weighted by Crippen LogP contribution is 2.44. The summed E-state index contributed by atoms with van der Waals surface area (Å²) in [4.78, 5) is 9.02. The first kappa shape index (κ1) is 24.3. The largest absolute Gasteiger partial charge is 0.378 e. The summed E-state index contributed by atoms with van der Waals surface area (Å²) >= 11 is 12.3. The molecule has 0 spiro atoms. The molecule has 1 saturated heterocycles. The summed E-state index contributed by atoms with van der Waals surface area (Å²) in [5.41, 5.74) is 8.92. The summed E-state index contributed by atoms with van der Waals surface area (Å²) in [7, 11) is 4.09. The van der Waals surface area contributed by atoms with Crippen molar-refractivity contribution in [3.05, 3.63) is 106 Å². The number of pyridine rings is 1. The maximum absolute atomic E-state index is 6.41. The van der Waals surface area contributed by atoms with Crippen LogP contribution < -0.4 is 15.1 Å². The average molecular weight is 516 g/mol. The van der Waals surface area contributed by atoms with Crippen LogP contribution in [0.5, 0.6) is 0 Å². The number of halogens is 1. The lowest BCUT2D eigenvalue weighted by Crippen LogP contribution is -2.29. The van der Waals surface area contributed by atoms with Gasteiger partial charge in [0.05, 0.1) is 17.8 Å². The lowest BCUT2D eigenvalue weighted by molar-refractivity contribution is 0.565. The first-order valence-corrected chi connectivity index (χ1v) is 12.8. The molecule has 1 aliphatic rings. The topological polar surface area (TPSA) is 36.3 Å². The van der Waals surface area contributed by atoms with Gasteiger partial charge in [-0.2, -0.15) is 0 Å². The van der Waals surface area contributed by atoms with E-state index in [2.05, 4.69) is 82.9 Å². The molecule has 0 radical (unpaired) electrons. The van der Waals surface area contributed by atoms with Crippen LogP contribution in [0.4, 0.5) is 11.4 Å². The van der Waals surface area contributed by atoms with Gasteiger partial charge in [0.2, 0.25) is 0 Å². The van der Waals surface area contributed by atoms with E-state index < -0.39 is 0 Å². The number of benzene rings is 2. The molecule has 36 heavy (non-hydrogen) atoms. The molecule has 5 rings (SSSR count). The Morgan fingerprint density at radius 3 is 2.39 bits per heavy atom. The Kier molecular flexibility index (Phi) is 6.49. The Balaban J connectivity index is 1.67. The zero-order valence-corrected chi connectivity index (χ0v) is 22.7. The van der Waals surface area contributed by atoms with Gasteiger partial charge in [0.25, 0.3) is 0 Å². The fourth-order valence-corrected chi connectivity index (χ4v) is 5.65. The molecule has 4 aromatic rings. The Hall–Kier alpha value is -3.35. The predicted octanol–water partition coefficient (Wildman–Crippen LogP) is 6.69. The lowest BCUT2D eigenvalue weighted by Gasteiger charge is -2.28. The van der Waals surface area contributed by atoms with Crippen molar-refractivity contribution < 1.29 is 0 Å². The molecule has 0 aliphatic carbocycles. The number of anilines is 2. The van der Waals surface area contributed by atoms with Crippen molar-refractivity contribution in [2.45, 2.75) is 32.9 Å². The van der Waals surface area contributed by atoms with E-state index in [-0.39, 0.29) is 12.1 Å². The molecular weight excluding hydrogens is 486 g/mol. The zero-order valence-electron chi connectivity index (χ0n) is 21.2. The number of hydrogen-bond donors (Lipinski definition) is 1. The van der Waals surface area contributed by atoms with Crippen LogP contribution >= 0.6 is 23.8 Å². The third-order valence-corrected chi connectivity index (χ3v) is 7.49. The van der Waals surface area contributed by atoms with Crippen molar-refractivity contribution in [1.82, 2.24) is 14.9 Å². The highest BCUT2D eigenvalue weighted by molar-refractivity contribution is 7.80. The molecule has 0 saturated carbocycles. The third kappa shape index (κ3) is 4.25. The van der Waals surface area contributed by atoms with Gasteiger partial charge in [-0.3, -0.25) is 4.98 Å². The van der Waals surface area contributed by atoms with Gasteiger partial charge in [-0.25, -0.2) is 0 Å². The maximum Gasteiger partial charge on any atom is 0.174 e. The predicted molar refractivity (Wildman–Crippen MR) is 154 cm³/mol. The van der Waals surface area contributed by atoms with Gasteiger partial charge in [-0.05, 0) is 98.7 Å². The van der Waals surface area contributed by atoms with E-state index in [4.69, 9.17) is 28.8 Å². The molecule has 2 aromatic heterocycles. The minimum atomic E-state index is -0.0957. The highest BCUT2D eigenvalue weighted by atomic mass is 35.5. The number of thiocarbonyl (C=S) groups is 1. The van der Waals surface area contributed by atoms with Gasteiger partial charge in [0, 0.05) is 53.8 Å². The molecule has 1 N–H and O–H groups in total. The molecule has 5 nitrogen and oxygen atoms in total. The van der Waals surface area contributed by atoms with Crippen LogP contribution in [0, 0.1) is 20.8 Å². The Labute approximate surface area is 223 Å². The number of hydrogen-bond acceptors (Lipinski definition) is 3. The summed E-state index contributed by atoms with van der Waals surface area (Å²) in [6, 6.07) is 22.7. The smallest absolute Gasteiger partial charge is 0.174 e. The molecular formula is C29H30ClN5S. The normalized spacial score (nSPS) is 17.4. The number of nitrogens with zero attached hydrogens (tertiary/aromatic N) is 4. The molecule has 0 unspecified atom stereocenters. The van der Waals surface area contributed by atoms with E-state index in [0.29, 0.717) is 5.11 Å². The van der Waals surface area contributed by atoms with Crippen LogP contribution in [0.1, 0.15) is 40.3 Å². The Morgan fingerprint density at radius 1 is 0.972 bits per heavy atom. The van der Waals surface area contributed by atoms with Crippen molar-refractivity contribution in [2.75, 3.05) is 23.9 Å². The van der Waals surface area contributed by atoms with E-state index in [1.54, 1.807) is 0 Å². The van der Waals surface area contributed by atoms with Gasteiger partial charge in [0.15, 0.2) is 5.11 Å². The van der Waals surface area contributed by atoms with Crippen LogP contribution in [0.25, 0.3) is 5.69 Å². The fraction of sp³-hybridized carbons (Fsp3) is 0.241. The Morgan fingerprint density at radius 2 is 1.72 bits per heavy atom. The van der Waals surface area contributed by atoms with Crippen molar-refractivity contribution in [1.29, 1.82) is 0 Å². The second-order valence-corrected chi connectivity index (χ2v) is 10.3. The second-order valence-electron chi connectivity index (χ2n) is 9.50. The van der Waals surface area contributed by atoms with Crippen LogP contribution in [0.15, 0.2) is 72.9 Å². The zero-order chi connectivity index (χ0) is 25.6. The summed E-state index contributed by atoms with van der Waals surface area (Å²) < 4.78 is 2.29. The molecule has 1 aliphatic heterocycles. The van der Waals surface area contributed by atoms with E-state index in [0.717, 1.165) is 39.2 Å². The molecule has 184 valence electrons. The van der Waals surface area contributed by atoms with E-state index in [1.807, 2.05) is 44.6 Å². The SMILES string of the molecule is Cc1ccc(Cl)cc1-n1c(C)cc([C@H]2[C@H](c3ccccn3)NC(=S)N2c2ccc(N(C)C)cc2)c1C. The number of aryl methyl sites for hydroxylation is 2. The van der Waals surface area contributed by atoms with Gasteiger partial charge in [-0.15, -0.1) is 0 Å². The van der Waals surface area contributed by atoms with Crippen LogP contribution in [0.2, 0.25) is 5.02 Å². The second kappa shape index (κ2) is 9.60. The average Bonchev–Trinajstić information content (AvgIpc) is 3.36. The third-order valence-electron chi connectivity index (χ3n) is 6.94. The highest BCUT2D eigenvalue weighted by Gasteiger charge is 2.42. The van der Waals surface area contributed by atoms with Gasteiger partial charge >= 0.3 is 0 Å². The van der Waals surface area contributed by atoms with Crippen molar-refractivity contribution in [3.63, 3.8) is 0 Å². The minimum absolute atomic E-state index is 0.0722. The van der Waals surface area contributed by atoms with Crippen LogP contribution in [0.3, 0.4) is 0 Å². The molecule has 2 aromatic carbocycles. The molecule has 2 atom stereocenters. The number of nitrogens with one attached hydrogen (secondary N) is 1. The standard InChI is InChI=1S/C29H30ClN5S/c1-18-9-10-21(30)17-26(18)34-19(2)16-24(20(34)3)28-27(25-8-6-7-15-31-25)32-29(36)35(28)23-13-11-22(12-14-23)33(4)5/h6-17,27-28H,1-5H3,(H,32,36)/t27-,28-/m0/s1. The summed E-state index contributed by atoms with van der Waals surface area (Å²) in [6.45, 7) is 6.43. The van der Waals surface area contributed by atoms with Crippen molar-refractivity contribution >= 4 is 40.3 Å². The first-order chi connectivity index (χ1) is 17.3. The lowest BCUT2D eigenvalue weighted by atomic mass is 9.96. The fourth-order valence-electron chi connectivity index (χ4n) is 5.14. The van der Waals surface area contributed by atoms with E-state index >= 15 is 0 Å². The van der Waals surface area contributed by atoms with Gasteiger partial charge in [-0.1, -0.05) is 23.7 Å². The van der Waals surface area contributed by atoms with Crippen molar-refractivity contribution in [3.8, 4) is 5.69 Å². The van der Waals surface area contributed by atoms with E-state index in [9.17, 15) is 0 Å². The van der Waals surface area contributed by atoms with Crippen LogP contribution in [-0.2, 0) is 0 Å². The monoisotopic (exact) mass is 515 g/mol. The molecule has 0 bridgehead atoms. The van der Waals surface area contributed by atoms with Crippen LogP contribution in [-0.4, -0.2) is 28.8 Å². The summed E-state index contributed by atoms with van der Waals surface area (Å²) in [5, 5.41) is 4.99. The number of aromatic nitrogens is 2. The molecule has 7 heteroatoms. The number of rotatable bonds is 5. The quantitative estimate of drug-likeness (QED) is 0.299.